The maximum Gasteiger partial charge on any atom is 0.326 e. The normalized spacial score (nSPS) is 11.8. The highest BCUT2D eigenvalue weighted by Crippen LogP contribution is 2.13. The molecule has 6 heteroatoms. The van der Waals surface area contributed by atoms with Gasteiger partial charge in [0.25, 0.3) is 0 Å². The highest BCUT2D eigenvalue weighted by atomic mass is 19.1. The van der Waals surface area contributed by atoms with E-state index in [9.17, 15) is 18.4 Å². The largest absolute Gasteiger partial charge is 0.480 e. The van der Waals surface area contributed by atoms with Crippen LogP contribution in [0.3, 0.4) is 0 Å². The van der Waals surface area contributed by atoms with Crippen molar-refractivity contribution in [3.05, 3.63) is 48.1 Å². The molecule has 0 saturated heterocycles. The van der Waals surface area contributed by atoms with E-state index in [1.54, 1.807) is 0 Å². The van der Waals surface area contributed by atoms with Gasteiger partial charge in [0.05, 0.1) is 6.42 Å². The molecule has 1 amide bonds. The van der Waals surface area contributed by atoms with E-state index in [1.165, 1.54) is 6.07 Å². The molecule has 0 aliphatic rings. The van der Waals surface area contributed by atoms with E-state index in [0.717, 1.165) is 37.8 Å². The van der Waals surface area contributed by atoms with Crippen LogP contribution < -0.4 is 5.32 Å². The molecule has 2 N–H and O–H groups in total. The average molecular weight is 339 g/mol. The van der Waals surface area contributed by atoms with Crippen LogP contribution >= 0.6 is 0 Å². The molecule has 0 aliphatic carbocycles. The van der Waals surface area contributed by atoms with Crippen LogP contribution in [0.5, 0.6) is 0 Å². The van der Waals surface area contributed by atoms with E-state index in [1.807, 2.05) is 6.08 Å². The first-order chi connectivity index (χ1) is 11.5. The summed E-state index contributed by atoms with van der Waals surface area (Å²) in [6.45, 7) is 3.63. The summed E-state index contributed by atoms with van der Waals surface area (Å²) in [5.41, 5.74) is -0.358. The van der Waals surface area contributed by atoms with Gasteiger partial charge in [-0.3, -0.25) is 4.79 Å². The number of amides is 1. The van der Waals surface area contributed by atoms with Gasteiger partial charge in [0.15, 0.2) is 0 Å². The van der Waals surface area contributed by atoms with Crippen LogP contribution in [-0.2, 0) is 16.0 Å². The van der Waals surface area contributed by atoms with Gasteiger partial charge in [-0.05, 0) is 31.4 Å². The second-order valence-electron chi connectivity index (χ2n) is 5.62. The maximum absolute atomic E-state index is 13.5. The number of carboxylic acids is 1. The lowest BCUT2D eigenvalue weighted by Gasteiger charge is -2.15. The molecule has 0 spiro atoms. The first kappa shape index (κ1) is 19.8. The van der Waals surface area contributed by atoms with Crippen molar-refractivity contribution in [3.63, 3.8) is 0 Å². The van der Waals surface area contributed by atoms with Gasteiger partial charge >= 0.3 is 5.97 Å². The van der Waals surface area contributed by atoms with Crippen molar-refractivity contribution in [1.29, 1.82) is 0 Å². The Bertz CT molecular complexity index is 555. The van der Waals surface area contributed by atoms with Gasteiger partial charge in [0.2, 0.25) is 5.91 Å². The molecular formula is C18H23F2NO3. The van der Waals surface area contributed by atoms with Crippen LogP contribution in [0.1, 0.15) is 44.1 Å². The monoisotopic (exact) mass is 339 g/mol. The Morgan fingerprint density at radius 1 is 1.17 bits per heavy atom. The van der Waals surface area contributed by atoms with Gasteiger partial charge in [-0.15, -0.1) is 6.58 Å². The molecular weight excluding hydrogens is 316 g/mol. The molecule has 0 saturated carbocycles. The average Bonchev–Trinajstić information content (AvgIpc) is 2.53. The van der Waals surface area contributed by atoms with Gasteiger partial charge < -0.3 is 10.4 Å². The lowest BCUT2D eigenvalue weighted by Crippen LogP contribution is -2.41. The summed E-state index contributed by atoms with van der Waals surface area (Å²) in [7, 11) is 0. The van der Waals surface area contributed by atoms with Crippen molar-refractivity contribution in [3.8, 4) is 0 Å². The maximum atomic E-state index is 13.5. The molecule has 1 atom stereocenters. The smallest absolute Gasteiger partial charge is 0.326 e. The number of nitrogens with one attached hydrogen (secondary N) is 1. The van der Waals surface area contributed by atoms with Crippen molar-refractivity contribution >= 4 is 11.9 Å². The molecule has 0 unspecified atom stereocenters. The fourth-order valence-corrected chi connectivity index (χ4v) is 2.36. The van der Waals surface area contributed by atoms with E-state index in [0.29, 0.717) is 6.42 Å². The minimum atomic E-state index is -1.15. The Morgan fingerprint density at radius 2 is 1.79 bits per heavy atom. The number of carbonyl (C=O) groups is 2. The van der Waals surface area contributed by atoms with E-state index in [4.69, 9.17) is 5.11 Å². The lowest BCUT2D eigenvalue weighted by molar-refractivity contribution is -0.142. The number of carbonyl (C=O) groups excluding carboxylic acids is 1. The van der Waals surface area contributed by atoms with Crippen molar-refractivity contribution < 1.29 is 23.5 Å². The molecule has 0 aromatic heterocycles. The SMILES string of the molecule is C=CCCCCCC[C@@H](NC(=O)Cc1c(F)cccc1F)C(=O)O. The van der Waals surface area contributed by atoms with E-state index < -0.39 is 36.0 Å². The van der Waals surface area contributed by atoms with Crippen molar-refractivity contribution in [2.75, 3.05) is 0 Å². The third-order valence-corrected chi connectivity index (χ3v) is 3.68. The zero-order chi connectivity index (χ0) is 17.9. The summed E-state index contributed by atoms with van der Waals surface area (Å²) in [5.74, 6) is -3.50. The number of aliphatic carboxylic acids is 1. The van der Waals surface area contributed by atoms with E-state index >= 15 is 0 Å². The molecule has 1 aromatic carbocycles. The molecule has 0 bridgehead atoms. The Morgan fingerprint density at radius 3 is 2.38 bits per heavy atom. The number of hydrogen-bond donors (Lipinski definition) is 2. The van der Waals surface area contributed by atoms with Gasteiger partial charge in [-0.25, -0.2) is 13.6 Å². The molecule has 0 radical (unpaired) electrons. The van der Waals surface area contributed by atoms with Crippen molar-refractivity contribution in [2.45, 2.75) is 51.0 Å². The number of benzene rings is 1. The highest BCUT2D eigenvalue weighted by molar-refractivity contribution is 5.84. The summed E-state index contributed by atoms with van der Waals surface area (Å²) in [6.07, 6.45) is 6.00. The minimum absolute atomic E-state index is 0.287. The number of halogens is 2. The van der Waals surface area contributed by atoms with Crippen LogP contribution in [0.4, 0.5) is 8.78 Å². The van der Waals surface area contributed by atoms with E-state index in [2.05, 4.69) is 11.9 Å². The van der Waals surface area contributed by atoms with Crippen molar-refractivity contribution in [1.82, 2.24) is 5.32 Å². The third kappa shape index (κ3) is 6.89. The molecule has 0 heterocycles. The number of allylic oxidation sites excluding steroid dienone is 1. The highest BCUT2D eigenvalue weighted by Gasteiger charge is 2.21. The zero-order valence-corrected chi connectivity index (χ0v) is 13.6. The van der Waals surface area contributed by atoms with Crippen LogP contribution in [0.15, 0.2) is 30.9 Å². The van der Waals surface area contributed by atoms with Crippen LogP contribution in [0, 0.1) is 11.6 Å². The summed E-state index contributed by atoms with van der Waals surface area (Å²) >= 11 is 0. The Hall–Kier alpha value is -2.24. The third-order valence-electron chi connectivity index (χ3n) is 3.68. The number of hydrogen-bond acceptors (Lipinski definition) is 2. The fraction of sp³-hybridized carbons (Fsp3) is 0.444. The van der Waals surface area contributed by atoms with Gasteiger partial charge in [-0.2, -0.15) is 0 Å². The van der Waals surface area contributed by atoms with Gasteiger partial charge in [0.1, 0.15) is 17.7 Å². The van der Waals surface area contributed by atoms with Crippen molar-refractivity contribution in [2.24, 2.45) is 0 Å². The molecule has 1 aromatic rings. The predicted molar refractivity (Wildman–Crippen MR) is 87.5 cm³/mol. The first-order valence-electron chi connectivity index (χ1n) is 8.01. The van der Waals surface area contributed by atoms with Gasteiger partial charge in [-0.1, -0.05) is 31.4 Å². The zero-order valence-electron chi connectivity index (χ0n) is 13.6. The Labute approximate surface area is 140 Å². The molecule has 132 valence electrons. The summed E-state index contributed by atoms with van der Waals surface area (Å²) < 4.78 is 27.0. The second kappa shape index (κ2) is 10.5. The first-order valence-corrected chi connectivity index (χ1v) is 8.01. The summed E-state index contributed by atoms with van der Waals surface area (Å²) in [5, 5.41) is 11.5. The topological polar surface area (TPSA) is 66.4 Å². The summed E-state index contributed by atoms with van der Waals surface area (Å²) in [4.78, 5) is 23.1. The molecule has 0 fully saturated rings. The Kier molecular flexibility index (Phi) is 8.68. The molecule has 4 nitrogen and oxygen atoms in total. The minimum Gasteiger partial charge on any atom is -0.480 e. The van der Waals surface area contributed by atoms with Crippen LogP contribution in [0.25, 0.3) is 0 Å². The van der Waals surface area contributed by atoms with Crippen LogP contribution in [-0.4, -0.2) is 23.0 Å². The molecule has 24 heavy (non-hydrogen) atoms. The Balaban J connectivity index is 2.48. The molecule has 0 aliphatic heterocycles. The van der Waals surface area contributed by atoms with Gasteiger partial charge in [0, 0.05) is 5.56 Å². The molecule has 1 rings (SSSR count). The lowest BCUT2D eigenvalue weighted by atomic mass is 10.1. The number of rotatable bonds is 11. The second-order valence-corrected chi connectivity index (χ2v) is 5.62. The summed E-state index contributed by atoms with van der Waals surface area (Å²) in [6, 6.07) is 2.28. The quantitative estimate of drug-likeness (QED) is 0.478. The predicted octanol–water partition coefficient (Wildman–Crippen LogP) is 3.60. The number of unbranched alkanes of at least 4 members (excludes halogenated alkanes) is 4. The van der Waals surface area contributed by atoms with E-state index in [-0.39, 0.29) is 12.0 Å². The van der Waals surface area contributed by atoms with Crippen LogP contribution in [0.2, 0.25) is 0 Å². The number of carboxylic acid groups (broad SMARTS) is 1. The standard InChI is InChI=1S/C18H23F2NO3/c1-2-3-4-5-6-7-11-16(18(23)24)21-17(22)12-13-14(19)9-8-10-15(13)20/h2,8-10,16H,1,3-7,11-12H2,(H,21,22)(H,23,24)/t16-/m1/s1. The fourth-order valence-electron chi connectivity index (χ4n) is 2.36.